The summed E-state index contributed by atoms with van der Waals surface area (Å²) < 4.78 is 0. The highest BCUT2D eigenvalue weighted by Gasteiger charge is 2.51. The molecule has 0 heterocycles. The van der Waals surface area contributed by atoms with E-state index in [-0.39, 0.29) is 17.0 Å². The average Bonchev–Trinajstić information content (AvgIpc) is 3.25. The molecule has 1 amide bonds. The van der Waals surface area contributed by atoms with Crippen LogP contribution in [0.4, 0.5) is 0 Å². The average molecular weight is 323 g/mol. The highest BCUT2D eigenvalue weighted by molar-refractivity contribution is 5.87. The fourth-order valence-electron chi connectivity index (χ4n) is 3.13. The summed E-state index contributed by atoms with van der Waals surface area (Å²) in [4.78, 5) is 23.0. The molecule has 1 aliphatic carbocycles. The number of carbonyl (C=O) groups is 2. The van der Waals surface area contributed by atoms with Crippen LogP contribution in [0.5, 0.6) is 0 Å². The van der Waals surface area contributed by atoms with Crippen LogP contribution in [0, 0.1) is 0 Å². The number of carbonyl (C=O) groups excluding carboxylic acids is 1. The van der Waals surface area contributed by atoms with Gasteiger partial charge < -0.3 is 10.4 Å². The zero-order chi connectivity index (χ0) is 17.2. The van der Waals surface area contributed by atoms with E-state index in [2.05, 4.69) is 24.4 Å². The minimum atomic E-state index is -0.937. The van der Waals surface area contributed by atoms with Crippen molar-refractivity contribution in [3.63, 3.8) is 0 Å². The fraction of sp³-hybridized carbons (Fsp3) is 0.300. The molecule has 4 heteroatoms. The molecule has 2 aromatic carbocycles. The van der Waals surface area contributed by atoms with E-state index in [4.69, 9.17) is 5.11 Å². The molecule has 1 aliphatic rings. The van der Waals surface area contributed by atoms with Crippen molar-refractivity contribution in [1.82, 2.24) is 5.32 Å². The quantitative estimate of drug-likeness (QED) is 0.856. The Bertz CT molecular complexity index is 739. The molecule has 0 bridgehead atoms. The molecule has 0 aliphatic heterocycles. The number of carboxylic acids is 1. The number of nitrogens with one attached hydrogen (secondary N) is 1. The van der Waals surface area contributed by atoms with Gasteiger partial charge in [-0.3, -0.25) is 4.79 Å². The van der Waals surface area contributed by atoms with Gasteiger partial charge in [0.2, 0.25) is 5.91 Å². The van der Waals surface area contributed by atoms with E-state index >= 15 is 0 Å². The zero-order valence-electron chi connectivity index (χ0n) is 13.7. The lowest BCUT2D eigenvalue weighted by atomic mass is 10.1. The highest BCUT2D eigenvalue weighted by atomic mass is 16.4. The molecule has 3 rings (SSSR count). The Morgan fingerprint density at radius 3 is 2.42 bits per heavy atom. The third-order valence-electron chi connectivity index (χ3n) is 4.71. The summed E-state index contributed by atoms with van der Waals surface area (Å²) in [6.07, 6.45) is 1.98. The number of carboxylic acid groups (broad SMARTS) is 1. The molecule has 2 atom stereocenters. The van der Waals surface area contributed by atoms with Crippen LogP contribution in [0.1, 0.15) is 47.2 Å². The van der Waals surface area contributed by atoms with Gasteiger partial charge in [0.05, 0.1) is 5.56 Å². The van der Waals surface area contributed by atoms with E-state index in [1.807, 2.05) is 18.2 Å². The maximum Gasteiger partial charge on any atom is 0.335 e. The summed E-state index contributed by atoms with van der Waals surface area (Å²) in [5, 5.41) is 12.0. The van der Waals surface area contributed by atoms with Crippen molar-refractivity contribution in [3.8, 4) is 0 Å². The Labute approximate surface area is 141 Å². The van der Waals surface area contributed by atoms with Crippen LogP contribution in [0.3, 0.4) is 0 Å². The summed E-state index contributed by atoms with van der Waals surface area (Å²) in [6.45, 7) is 2.09. The SMILES string of the molecule is C[C@]1(NC(=O)CCc2ccc(C(=O)O)cc2)C[C@@H]1c1ccccc1. The largest absolute Gasteiger partial charge is 0.478 e. The number of rotatable bonds is 6. The summed E-state index contributed by atoms with van der Waals surface area (Å²) in [7, 11) is 0. The monoisotopic (exact) mass is 323 g/mol. The fourth-order valence-corrected chi connectivity index (χ4v) is 3.13. The van der Waals surface area contributed by atoms with Crippen molar-refractivity contribution >= 4 is 11.9 Å². The normalized spacial score (nSPS) is 22.0. The predicted octanol–water partition coefficient (Wildman–Crippen LogP) is 3.38. The second-order valence-corrected chi connectivity index (χ2v) is 6.64. The molecule has 124 valence electrons. The van der Waals surface area contributed by atoms with Crippen LogP contribution >= 0.6 is 0 Å². The van der Waals surface area contributed by atoms with E-state index in [9.17, 15) is 9.59 Å². The van der Waals surface area contributed by atoms with Gasteiger partial charge in [-0.05, 0) is 43.0 Å². The van der Waals surface area contributed by atoms with Crippen molar-refractivity contribution in [2.24, 2.45) is 0 Å². The molecule has 0 saturated heterocycles. The topological polar surface area (TPSA) is 66.4 Å². The number of hydrogen-bond donors (Lipinski definition) is 2. The van der Waals surface area contributed by atoms with Crippen molar-refractivity contribution in [3.05, 3.63) is 71.3 Å². The van der Waals surface area contributed by atoms with Gasteiger partial charge in [0.25, 0.3) is 0 Å². The van der Waals surface area contributed by atoms with Crippen LogP contribution in [-0.2, 0) is 11.2 Å². The smallest absolute Gasteiger partial charge is 0.335 e. The third-order valence-corrected chi connectivity index (χ3v) is 4.71. The molecular formula is C20H21NO3. The Balaban J connectivity index is 1.50. The van der Waals surface area contributed by atoms with Gasteiger partial charge >= 0.3 is 5.97 Å². The van der Waals surface area contributed by atoms with Crippen molar-refractivity contribution in [2.45, 2.75) is 37.6 Å². The molecule has 0 radical (unpaired) electrons. The lowest BCUT2D eigenvalue weighted by Gasteiger charge is -2.14. The van der Waals surface area contributed by atoms with Crippen LogP contribution in [0.25, 0.3) is 0 Å². The minimum Gasteiger partial charge on any atom is -0.478 e. The maximum atomic E-state index is 12.2. The first-order chi connectivity index (χ1) is 11.5. The minimum absolute atomic E-state index is 0.0400. The maximum absolute atomic E-state index is 12.2. The van der Waals surface area contributed by atoms with Crippen molar-refractivity contribution in [2.75, 3.05) is 0 Å². The van der Waals surface area contributed by atoms with Crippen molar-refractivity contribution < 1.29 is 14.7 Å². The second kappa shape index (κ2) is 6.48. The van der Waals surface area contributed by atoms with Gasteiger partial charge in [-0.1, -0.05) is 42.5 Å². The highest BCUT2D eigenvalue weighted by Crippen LogP contribution is 2.51. The van der Waals surface area contributed by atoms with Gasteiger partial charge in [0.15, 0.2) is 0 Å². The molecule has 2 N–H and O–H groups in total. The van der Waals surface area contributed by atoms with Gasteiger partial charge in [0, 0.05) is 17.9 Å². The molecule has 24 heavy (non-hydrogen) atoms. The number of aryl methyl sites for hydroxylation is 1. The first-order valence-corrected chi connectivity index (χ1v) is 8.16. The number of hydrogen-bond acceptors (Lipinski definition) is 2. The van der Waals surface area contributed by atoms with E-state index in [1.54, 1.807) is 24.3 Å². The molecule has 1 fully saturated rings. The number of benzene rings is 2. The Morgan fingerprint density at radius 1 is 1.12 bits per heavy atom. The van der Waals surface area contributed by atoms with Gasteiger partial charge in [-0.15, -0.1) is 0 Å². The van der Waals surface area contributed by atoms with E-state index < -0.39 is 5.97 Å². The Kier molecular flexibility index (Phi) is 4.38. The molecule has 1 saturated carbocycles. The molecule has 2 aromatic rings. The zero-order valence-corrected chi connectivity index (χ0v) is 13.7. The van der Waals surface area contributed by atoms with E-state index in [0.29, 0.717) is 18.8 Å². The van der Waals surface area contributed by atoms with E-state index in [1.165, 1.54) is 5.56 Å². The van der Waals surface area contributed by atoms with Crippen LogP contribution in [-0.4, -0.2) is 22.5 Å². The summed E-state index contributed by atoms with van der Waals surface area (Å²) in [5.41, 5.74) is 2.35. The lowest BCUT2D eigenvalue weighted by Crippen LogP contribution is -2.35. The van der Waals surface area contributed by atoms with Crippen LogP contribution in [0.2, 0.25) is 0 Å². The molecule has 0 unspecified atom stereocenters. The Morgan fingerprint density at radius 2 is 1.79 bits per heavy atom. The molecule has 4 nitrogen and oxygen atoms in total. The first-order valence-electron chi connectivity index (χ1n) is 8.16. The van der Waals surface area contributed by atoms with Gasteiger partial charge in [-0.2, -0.15) is 0 Å². The molecule has 0 aromatic heterocycles. The molecular weight excluding hydrogens is 302 g/mol. The van der Waals surface area contributed by atoms with Crippen LogP contribution in [0.15, 0.2) is 54.6 Å². The summed E-state index contributed by atoms with van der Waals surface area (Å²) in [6, 6.07) is 16.9. The third kappa shape index (κ3) is 3.65. The first kappa shape index (κ1) is 16.2. The van der Waals surface area contributed by atoms with Crippen molar-refractivity contribution in [1.29, 1.82) is 0 Å². The lowest BCUT2D eigenvalue weighted by molar-refractivity contribution is -0.121. The summed E-state index contributed by atoms with van der Waals surface area (Å²) >= 11 is 0. The predicted molar refractivity (Wildman–Crippen MR) is 92.1 cm³/mol. The van der Waals surface area contributed by atoms with Crippen LogP contribution < -0.4 is 5.32 Å². The number of amides is 1. The Hall–Kier alpha value is -2.62. The second-order valence-electron chi connectivity index (χ2n) is 6.64. The number of aromatic carboxylic acids is 1. The van der Waals surface area contributed by atoms with Gasteiger partial charge in [-0.25, -0.2) is 4.79 Å². The molecule has 0 spiro atoms. The van der Waals surface area contributed by atoms with E-state index in [0.717, 1.165) is 12.0 Å². The summed E-state index contributed by atoms with van der Waals surface area (Å²) in [5.74, 6) is -0.511. The van der Waals surface area contributed by atoms with Gasteiger partial charge in [0.1, 0.15) is 0 Å². The standard InChI is InChI=1S/C20H21NO3/c1-20(13-17(20)15-5-3-2-4-6-15)21-18(22)12-9-14-7-10-16(11-8-14)19(23)24/h2-8,10-11,17H,9,12-13H2,1H3,(H,21,22)(H,23,24)/t17-,20+/m1/s1.